The number of halogens is 1. The van der Waals surface area contributed by atoms with E-state index in [4.69, 9.17) is 4.43 Å². The third-order valence-corrected chi connectivity index (χ3v) is 9.87. The fourth-order valence-electron chi connectivity index (χ4n) is 2.43. The van der Waals surface area contributed by atoms with Crippen LogP contribution in [-0.4, -0.2) is 14.9 Å². The van der Waals surface area contributed by atoms with Gasteiger partial charge in [0.2, 0.25) is 0 Å². The van der Waals surface area contributed by atoms with E-state index in [-0.39, 0.29) is 5.04 Å². The van der Waals surface area contributed by atoms with Crippen LogP contribution >= 0.6 is 22.6 Å². The lowest BCUT2D eigenvalue weighted by molar-refractivity contribution is 0.278. The summed E-state index contributed by atoms with van der Waals surface area (Å²) < 4.78 is 8.61. The molecule has 1 nitrogen and oxygen atoms in total. The van der Waals surface area contributed by atoms with Gasteiger partial charge in [-0.1, -0.05) is 91.9 Å². The van der Waals surface area contributed by atoms with Gasteiger partial charge in [0.25, 0.3) is 0 Å². The van der Waals surface area contributed by atoms with E-state index >= 15 is 0 Å². The molecule has 0 aliphatic rings. The first-order valence-electron chi connectivity index (χ1n) is 8.15. The van der Waals surface area contributed by atoms with E-state index in [2.05, 4.69) is 109 Å². The first kappa shape index (κ1) is 18.7. The van der Waals surface area contributed by atoms with Gasteiger partial charge in [-0.3, -0.25) is 0 Å². The topological polar surface area (TPSA) is 9.23 Å². The van der Waals surface area contributed by atoms with Crippen LogP contribution in [-0.2, 0) is 4.43 Å². The molecule has 0 saturated carbocycles. The molecule has 0 aromatic heterocycles. The molecular formula is C20H27IOSi. The predicted octanol–water partition coefficient (Wildman–Crippen LogP) is 6.89. The van der Waals surface area contributed by atoms with Crippen LogP contribution in [0, 0.1) is 0 Å². The minimum absolute atomic E-state index is 0.240. The zero-order chi connectivity index (χ0) is 17.1. The highest BCUT2D eigenvalue weighted by molar-refractivity contribution is 14.1. The maximum absolute atomic E-state index is 6.50. The maximum Gasteiger partial charge on any atom is 0.192 e. The van der Waals surface area contributed by atoms with Gasteiger partial charge in [-0.25, -0.2) is 0 Å². The van der Waals surface area contributed by atoms with Gasteiger partial charge >= 0.3 is 0 Å². The SMILES string of the molecule is CC(C)(C)[Si](C)(C)OCC(C=CI)c1cccc2ccccc12. The Morgan fingerprint density at radius 3 is 2.39 bits per heavy atom. The summed E-state index contributed by atoms with van der Waals surface area (Å²) in [5, 5.41) is 2.86. The highest BCUT2D eigenvalue weighted by Gasteiger charge is 2.37. The Morgan fingerprint density at radius 1 is 1.09 bits per heavy atom. The standard InChI is InChI=1S/C20H27IOSi/c1-20(2,3)23(4,5)22-15-17(13-14-21)19-12-8-10-16-9-6-7-11-18(16)19/h6-14,17H,15H2,1-5H3. The molecule has 0 spiro atoms. The summed E-state index contributed by atoms with van der Waals surface area (Å²) in [5.41, 5.74) is 1.36. The Morgan fingerprint density at radius 2 is 1.74 bits per heavy atom. The van der Waals surface area contributed by atoms with E-state index in [1.807, 2.05) is 0 Å². The summed E-state index contributed by atoms with van der Waals surface area (Å²) in [4.78, 5) is 0. The van der Waals surface area contributed by atoms with Crippen molar-refractivity contribution < 1.29 is 4.43 Å². The summed E-state index contributed by atoms with van der Waals surface area (Å²) in [5.74, 6) is 0.298. The van der Waals surface area contributed by atoms with Gasteiger partial charge in [0, 0.05) is 12.5 Å². The second kappa shape index (κ2) is 7.49. The largest absolute Gasteiger partial charge is 0.416 e. The highest BCUT2D eigenvalue weighted by Crippen LogP contribution is 2.38. The van der Waals surface area contributed by atoms with Crippen molar-refractivity contribution in [3.8, 4) is 0 Å². The third-order valence-electron chi connectivity index (χ3n) is 4.96. The van der Waals surface area contributed by atoms with Crippen LogP contribution in [0.3, 0.4) is 0 Å². The molecule has 0 heterocycles. The van der Waals surface area contributed by atoms with Gasteiger partial charge < -0.3 is 4.43 Å². The molecule has 1 unspecified atom stereocenters. The monoisotopic (exact) mass is 438 g/mol. The summed E-state index contributed by atoms with van der Waals surface area (Å²) >= 11 is 2.31. The van der Waals surface area contributed by atoms with Crippen LogP contribution in [0.2, 0.25) is 18.1 Å². The molecule has 0 aliphatic heterocycles. The maximum atomic E-state index is 6.50. The lowest BCUT2D eigenvalue weighted by atomic mass is 9.94. The third kappa shape index (κ3) is 4.46. The van der Waals surface area contributed by atoms with Gasteiger partial charge in [-0.2, -0.15) is 0 Å². The summed E-state index contributed by atoms with van der Waals surface area (Å²) in [6.07, 6.45) is 2.26. The van der Waals surface area contributed by atoms with Crippen LogP contribution in [0.25, 0.3) is 10.8 Å². The van der Waals surface area contributed by atoms with E-state index < -0.39 is 8.32 Å². The molecule has 2 aromatic carbocycles. The second-order valence-corrected chi connectivity index (χ2v) is 13.1. The quantitative estimate of drug-likeness (QED) is 0.365. The molecule has 2 rings (SSSR count). The molecule has 0 amide bonds. The van der Waals surface area contributed by atoms with Crippen molar-refractivity contribution in [3.05, 3.63) is 58.2 Å². The molecule has 1 atom stereocenters. The lowest BCUT2D eigenvalue weighted by Crippen LogP contribution is -2.41. The molecule has 0 saturated heterocycles. The van der Waals surface area contributed by atoms with Crippen LogP contribution in [0.15, 0.2) is 52.6 Å². The molecular weight excluding hydrogens is 411 g/mol. The Kier molecular flexibility index (Phi) is 6.08. The molecule has 0 bridgehead atoms. The van der Waals surface area contributed by atoms with E-state index in [0.29, 0.717) is 5.92 Å². The van der Waals surface area contributed by atoms with E-state index in [0.717, 1.165) is 6.61 Å². The number of fused-ring (bicyclic) bond motifs is 1. The smallest absolute Gasteiger partial charge is 0.192 e. The van der Waals surface area contributed by atoms with Gasteiger partial charge in [0.05, 0.1) is 0 Å². The zero-order valence-electron chi connectivity index (χ0n) is 14.8. The molecule has 124 valence electrons. The van der Waals surface area contributed by atoms with Gasteiger partial charge in [0.1, 0.15) is 0 Å². The lowest BCUT2D eigenvalue weighted by Gasteiger charge is -2.37. The van der Waals surface area contributed by atoms with Gasteiger partial charge in [-0.05, 0) is 38.6 Å². The van der Waals surface area contributed by atoms with Crippen molar-refractivity contribution in [3.63, 3.8) is 0 Å². The highest BCUT2D eigenvalue weighted by atomic mass is 127. The molecule has 0 aliphatic carbocycles. The second-order valence-electron chi connectivity index (χ2n) is 7.56. The van der Waals surface area contributed by atoms with Crippen molar-refractivity contribution in [2.24, 2.45) is 0 Å². The fraction of sp³-hybridized carbons (Fsp3) is 0.400. The van der Waals surface area contributed by atoms with Gasteiger partial charge in [0.15, 0.2) is 8.32 Å². The molecule has 0 radical (unpaired) electrons. The normalized spacial score (nSPS) is 14.5. The van der Waals surface area contributed by atoms with Crippen LogP contribution in [0.5, 0.6) is 0 Å². The van der Waals surface area contributed by atoms with Crippen molar-refractivity contribution in [1.29, 1.82) is 0 Å². The zero-order valence-corrected chi connectivity index (χ0v) is 17.9. The van der Waals surface area contributed by atoms with Crippen LogP contribution < -0.4 is 0 Å². The van der Waals surface area contributed by atoms with Crippen molar-refractivity contribution in [1.82, 2.24) is 0 Å². The van der Waals surface area contributed by atoms with Crippen molar-refractivity contribution in [2.75, 3.05) is 6.61 Å². The minimum atomic E-state index is -1.73. The van der Waals surface area contributed by atoms with Crippen molar-refractivity contribution in [2.45, 2.75) is 44.8 Å². The average Bonchev–Trinajstić information content (AvgIpc) is 2.50. The molecule has 3 heteroatoms. The van der Waals surface area contributed by atoms with E-state index in [1.165, 1.54) is 16.3 Å². The van der Waals surface area contributed by atoms with E-state index in [9.17, 15) is 0 Å². The van der Waals surface area contributed by atoms with Crippen LogP contribution in [0.1, 0.15) is 32.3 Å². The molecule has 2 aromatic rings. The number of hydrogen-bond acceptors (Lipinski definition) is 1. The minimum Gasteiger partial charge on any atom is -0.416 e. The summed E-state index contributed by atoms with van der Waals surface area (Å²) in [6, 6.07) is 15.2. The first-order valence-corrected chi connectivity index (χ1v) is 12.3. The molecule has 23 heavy (non-hydrogen) atoms. The summed E-state index contributed by atoms with van der Waals surface area (Å²) in [7, 11) is -1.73. The Hall–Kier alpha value is -0.653. The molecule has 0 fully saturated rings. The predicted molar refractivity (Wildman–Crippen MR) is 113 cm³/mol. The van der Waals surface area contributed by atoms with Crippen LogP contribution in [0.4, 0.5) is 0 Å². The fourth-order valence-corrected chi connectivity index (χ4v) is 3.96. The van der Waals surface area contributed by atoms with Gasteiger partial charge in [-0.15, -0.1) is 0 Å². The average molecular weight is 438 g/mol. The van der Waals surface area contributed by atoms with Crippen molar-refractivity contribution >= 4 is 41.7 Å². The number of rotatable bonds is 5. The summed E-state index contributed by atoms with van der Waals surface area (Å²) in [6.45, 7) is 12.3. The Labute approximate surface area is 155 Å². The Balaban J connectivity index is 2.32. The Bertz CT molecular complexity index is 680. The number of hydrogen-bond donors (Lipinski definition) is 0. The number of benzene rings is 2. The first-order chi connectivity index (χ1) is 10.8. The molecule has 0 N–H and O–H groups in total. The van der Waals surface area contributed by atoms with E-state index in [1.54, 1.807) is 0 Å².